The molecule has 0 unspecified atom stereocenters. The summed E-state index contributed by atoms with van der Waals surface area (Å²) in [5.41, 5.74) is 0. The van der Waals surface area contributed by atoms with E-state index in [1.807, 2.05) is 6.92 Å². The van der Waals surface area contributed by atoms with Crippen LogP contribution in [0.3, 0.4) is 0 Å². The highest BCUT2D eigenvalue weighted by molar-refractivity contribution is 5.84. The third kappa shape index (κ3) is 7.15. The molecule has 0 aliphatic heterocycles. The molecule has 3 N–H and O–H groups in total. The van der Waals surface area contributed by atoms with E-state index in [4.69, 9.17) is 5.11 Å². The van der Waals surface area contributed by atoms with Crippen LogP contribution in [0.2, 0.25) is 0 Å². The first-order valence-corrected chi connectivity index (χ1v) is 5.44. The average Bonchev–Trinajstić information content (AvgIpc) is 2.26. The van der Waals surface area contributed by atoms with E-state index in [-0.39, 0.29) is 13.2 Å². The van der Waals surface area contributed by atoms with Crippen LogP contribution in [0.4, 0.5) is 4.79 Å². The summed E-state index contributed by atoms with van der Waals surface area (Å²) in [6, 6.07) is -1.64. The van der Waals surface area contributed by atoms with Gasteiger partial charge < -0.3 is 20.5 Å². The van der Waals surface area contributed by atoms with Gasteiger partial charge in [-0.25, -0.2) is 9.59 Å². The third-order valence-electron chi connectivity index (χ3n) is 1.88. The molecule has 0 spiro atoms. The molecule has 0 saturated carbocycles. The molecule has 7 heteroatoms. The molecule has 0 aromatic rings. The number of esters is 1. The van der Waals surface area contributed by atoms with Crippen LogP contribution in [-0.4, -0.2) is 42.3 Å². The second kappa shape index (κ2) is 8.37. The van der Waals surface area contributed by atoms with Gasteiger partial charge in [-0.05, 0) is 13.3 Å². The summed E-state index contributed by atoms with van der Waals surface area (Å²) in [7, 11) is 0. The van der Waals surface area contributed by atoms with E-state index >= 15 is 0 Å². The Morgan fingerprint density at radius 3 is 2.41 bits per heavy atom. The predicted molar refractivity (Wildman–Crippen MR) is 59.5 cm³/mol. The summed E-state index contributed by atoms with van der Waals surface area (Å²) in [6.07, 6.45) is 0.970. The number of hydrogen-bond donors (Lipinski definition) is 3. The van der Waals surface area contributed by atoms with Crippen LogP contribution in [0.25, 0.3) is 0 Å². The molecule has 98 valence electrons. The van der Waals surface area contributed by atoms with Gasteiger partial charge in [0.2, 0.25) is 0 Å². The van der Waals surface area contributed by atoms with Crippen LogP contribution in [0.15, 0.2) is 0 Å². The smallest absolute Gasteiger partial charge is 0.326 e. The van der Waals surface area contributed by atoms with Crippen molar-refractivity contribution < 1.29 is 24.2 Å². The minimum absolute atomic E-state index is 0.232. The van der Waals surface area contributed by atoms with Gasteiger partial charge in [0.05, 0.1) is 6.61 Å². The van der Waals surface area contributed by atoms with Gasteiger partial charge in [-0.1, -0.05) is 13.3 Å². The Morgan fingerprint density at radius 1 is 1.29 bits per heavy atom. The molecule has 0 radical (unpaired) electrons. The van der Waals surface area contributed by atoms with Crippen molar-refractivity contribution in [1.29, 1.82) is 0 Å². The van der Waals surface area contributed by atoms with Gasteiger partial charge in [0.15, 0.2) is 0 Å². The largest absolute Gasteiger partial charge is 0.480 e. The lowest BCUT2D eigenvalue weighted by molar-refractivity contribution is -0.141. The maximum Gasteiger partial charge on any atom is 0.326 e. The first-order valence-electron chi connectivity index (χ1n) is 5.44. The van der Waals surface area contributed by atoms with Gasteiger partial charge in [0, 0.05) is 0 Å². The second-order valence-corrected chi connectivity index (χ2v) is 3.31. The number of hydrogen-bond acceptors (Lipinski definition) is 4. The minimum atomic E-state index is -1.10. The number of nitrogens with one attached hydrogen (secondary N) is 2. The van der Waals surface area contributed by atoms with Gasteiger partial charge in [0.25, 0.3) is 0 Å². The van der Waals surface area contributed by atoms with Gasteiger partial charge >= 0.3 is 18.0 Å². The average molecular weight is 246 g/mol. The number of carboxylic acid groups (broad SMARTS) is 1. The highest BCUT2D eigenvalue weighted by Crippen LogP contribution is 1.96. The van der Waals surface area contributed by atoms with E-state index in [1.165, 1.54) is 0 Å². The summed E-state index contributed by atoms with van der Waals surface area (Å²) < 4.78 is 4.59. The van der Waals surface area contributed by atoms with Crippen molar-refractivity contribution in [3.05, 3.63) is 0 Å². The molecule has 0 aliphatic carbocycles. The van der Waals surface area contributed by atoms with Crippen LogP contribution in [0.5, 0.6) is 0 Å². The molecule has 0 rings (SSSR count). The van der Waals surface area contributed by atoms with Crippen molar-refractivity contribution in [2.45, 2.75) is 32.7 Å². The Balaban J connectivity index is 3.98. The molecule has 0 fully saturated rings. The van der Waals surface area contributed by atoms with Gasteiger partial charge in [0.1, 0.15) is 12.6 Å². The van der Waals surface area contributed by atoms with Gasteiger partial charge in [-0.15, -0.1) is 0 Å². The Bertz CT molecular complexity index is 280. The molecule has 2 amide bonds. The number of carbonyl (C=O) groups excluding carboxylic acids is 2. The highest BCUT2D eigenvalue weighted by Gasteiger charge is 2.18. The Morgan fingerprint density at radius 2 is 1.94 bits per heavy atom. The third-order valence-corrected chi connectivity index (χ3v) is 1.88. The zero-order valence-electron chi connectivity index (χ0n) is 9.99. The first kappa shape index (κ1) is 15.2. The second-order valence-electron chi connectivity index (χ2n) is 3.31. The quantitative estimate of drug-likeness (QED) is 0.553. The van der Waals surface area contributed by atoms with E-state index in [9.17, 15) is 14.4 Å². The summed E-state index contributed by atoms with van der Waals surface area (Å²) >= 11 is 0. The molecule has 1 atom stereocenters. The number of rotatable bonds is 7. The summed E-state index contributed by atoms with van der Waals surface area (Å²) in [6.45, 7) is 3.42. The van der Waals surface area contributed by atoms with Gasteiger partial charge in [-0.3, -0.25) is 4.79 Å². The molecule has 17 heavy (non-hydrogen) atoms. The van der Waals surface area contributed by atoms with E-state index in [2.05, 4.69) is 15.4 Å². The number of carbonyl (C=O) groups is 3. The minimum Gasteiger partial charge on any atom is -0.480 e. The van der Waals surface area contributed by atoms with Crippen molar-refractivity contribution in [2.75, 3.05) is 13.2 Å². The Kier molecular flexibility index (Phi) is 7.49. The molecule has 0 heterocycles. The van der Waals surface area contributed by atoms with Crippen LogP contribution < -0.4 is 10.6 Å². The van der Waals surface area contributed by atoms with E-state index < -0.39 is 24.0 Å². The summed E-state index contributed by atoms with van der Waals surface area (Å²) in [5, 5.41) is 13.3. The van der Waals surface area contributed by atoms with Crippen molar-refractivity contribution in [3.8, 4) is 0 Å². The zero-order valence-corrected chi connectivity index (χ0v) is 9.99. The lowest BCUT2D eigenvalue weighted by Gasteiger charge is -2.13. The van der Waals surface area contributed by atoms with E-state index in [0.717, 1.165) is 0 Å². The maximum absolute atomic E-state index is 11.2. The Labute approximate surface area is 99.5 Å². The molecule has 0 aromatic carbocycles. The summed E-state index contributed by atoms with van der Waals surface area (Å²) in [5.74, 6) is -1.66. The molecular formula is C10H18N2O5. The lowest BCUT2D eigenvalue weighted by Crippen LogP contribution is -2.47. The maximum atomic E-state index is 11.2. The van der Waals surface area contributed by atoms with E-state index in [1.54, 1.807) is 6.92 Å². The normalized spacial score (nSPS) is 11.4. The Hall–Kier alpha value is -1.79. The molecule has 0 aliphatic rings. The topological polar surface area (TPSA) is 105 Å². The number of carboxylic acids is 1. The van der Waals surface area contributed by atoms with Crippen molar-refractivity contribution >= 4 is 18.0 Å². The fourth-order valence-corrected chi connectivity index (χ4v) is 1.12. The highest BCUT2D eigenvalue weighted by atomic mass is 16.5. The van der Waals surface area contributed by atoms with Crippen molar-refractivity contribution in [3.63, 3.8) is 0 Å². The standard InChI is InChI=1S/C10H18N2O5/c1-3-5-7(9(14)15)12-10(16)11-6-8(13)17-4-2/h7H,3-6H2,1-2H3,(H,14,15)(H2,11,12,16)/t7-/m0/s1. The fraction of sp³-hybridized carbons (Fsp3) is 0.700. The first-order chi connectivity index (χ1) is 8.01. The zero-order chi connectivity index (χ0) is 13.3. The molecular weight excluding hydrogens is 228 g/mol. The molecule has 0 saturated heterocycles. The van der Waals surface area contributed by atoms with Crippen LogP contribution in [-0.2, 0) is 14.3 Å². The van der Waals surface area contributed by atoms with E-state index in [0.29, 0.717) is 12.8 Å². The SMILES string of the molecule is CCC[C@H](NC(=O)NCC(=O)OCC)C(=O)O. The number of aliphatic carboxylic acids is 1. The predicted octanol–water partition coefficient (Wildman–Crippen LogP) is 0.102. The number of amides is 2. The molecule has 0 aromatic heterocycles. The molecule has 7 nitrogen and oxygen atoms in total. The molecule has 0 bridgehead atoms. The van der Waals surface area contributed by atoms with Gasteiger partial charge in [-0.2, -0.15) is 0 Å². The lowest BCUT2D eigenvalue weighted by atomic mass is 10.2. The fourth-order valence-electron chi connectivity index (χ4n) is 1.12. The summed E-state index contributed by atoms with van der Waals surface area (Å²) in [4.78, 5) is 32.9. The van der Waals surface area contributed by atoms with Crippen LogP contribution in [0.1, 0.15) is 26.7 Å². The number of urea groups is 1. The van der Waals surface area contributed by atoms with Crippen LogP contribution in [0, 0.1) is 0 Å². The van der Waals surface area contributed by atoms with Crippen molar-refractivity contribution in [2.24, 2.45) is 0 Å². The van der Waals surface area contributed by atoms with Crippen molar-refractivity contribution in [1.82, 2.24) is 10.6 Å². The van der Waals surface area contributed by atoms with Crippen LogP contribution >= 0.6 is 0 Å². The number of ether oxygens (including phenoxy) is 1. The monoisotopic (exact) mass is 246 g/mol.